The van der Waals surface area contributed by atoms with Gasteiger partial charge in [-0.05, 0) is 53.4 Å². The third-order valence-corrected chi connectivity index (χ3v) is 7.43. The molecule has 7 atom stereocenters. The molecule has 0 bridgehead atoms. The van der Waals surface area contributed by atoms with Crippen LogP contribution in [0.4, 0.5) is 0 Å². The maximum absolute atomic E-state index is 13.2. The number of nitrogens with zero attached hydrogens (tertiary/aromatic N) is 2. The quantitative estimate of drug-likeness (QED) is 0.0232. The van der Waals surface area contributed by atoms with E-state index >= 15 is 0 Å². The summed E-state index contributed by atoms with van der Waals surface area (Å²) in [6, 6.07) is -8.67. The first-order chi connectivity index (χ1) is 25.6. The van der Waals surface area contributed by atoms with Crippen molar-refractivity contribution in [1.29, 1.82) is 0 Å². The molecule has 0 rings (SSSR count). The summed E-state index contributed by atoms with van der Waals surface area (Å²) in [4.78, 5) is 120. The van der Waals surface area contributed by atoms with Gasteiger partial charge in [-0.1, -0.05) is 0 Å². The first-order valence-corrected chi connectivity index (χ1v) is 17.1. The molecule has 21 N–H and O–H groups in total. The van der Waals surface area contributed by atoms with Gasteiger partial charge in [0.25, 0.3) is 0 Å². The van der Waals surface area contributed by atoms with Crippen molar-refractivity contribution in [3.05, 3.63) is 0 Å². The highest BCUT2D eigenvalue weighted by Gasteiger charge is 2.30. The van der Waals surface area contributed by atoms with E-state index in [1.807, 2.05) is 0 Å². The SMILES string of the molecule is C[C@H](NC(=O)[C@H](C)NC(=O)[C@H](C)NC(=O)[C@H](CC(N)=O)NC(=O)CN)C(=O)N[C@@H](C)C(=O)N[C@@H](CCCN=C(N)N)C(=O)N[C@@H](CCCN=C(N)N)C(N)=O. The van der Waals surface area contributed by atoms with Gasteiger partial charge < -0.3 is 77.4 Å². The van der Waals surface area contributed by atoms with Gasteiger partial charge in [-0.3, -0.25) is 53.1 Å². The van der Waals surface area contributed by atoms with E-state index in [-0.39, 0.29) is 44.3 Å². The fraction of sp³-hybridized carbons (Fsp3) is 0.633. The molecule has 55 heavy (non-hydrogen) atoms. The number of nitrogens with two attached hydrogens (primary N) is 7. The van der Waals surface area contributed by atoms with E-state index < -0.39 is 108 Å². The minimum absolute atomic E-state index is 0.0195. The van der Waals surface area contributed by atoms with E-state index in [1.54, 1.807) is 0 Å². The molecule has 0 aliphatic carbocycles. The summed E-state index contributed by atoms with van der Waals surface area (Å²) < 4.78 is 0. The van der Waals surface area contributed by atoms with Gasteiger partial charge in [0.1, 0.15) is 42.3 Å². The van der Waals surface area contributed by atoms with E-state index in [1.165, 1.54) is 27.7 Å². The Hall–Kier alpha value is -6.27. The minimum Gasteiger partial charge on any atom is -0.370 e. The monoisotopic (exact) mass is 784 g/mol. The van der Waals surface area contributed by atoms with E-state index in [4.69, 9.17) is 40.1 Å². The van der Waals surface area contributed by atoms with Gasteiger partial charge >= 0.3 is 0 Å². The van der Waals surface area contributed by atoms with E-state index in [9.17, 15) is 43.2 Å². The van der Waals surface area contributed by atoms with Crippen molar-refractivity contribution in [3.63, 3.8) is 0 Å². The Morgan fingerprint density at radius 2 is 0.818 bits per heavy atom. The number of aliphatic imine (C=N–C) groups is 2. The zero-order valence-electron chi connectivity index (χ0n) is 31.3. The summed E-state index contributed by atoms with van der Waals surface area (Å²) in [5.41, 5.74) is 37.1. The van der Waals surface area contributed by atoms with Crippen LogP contribution in [0.15, 0.2) is 9.98 Å². The summed E-state index contributed by atoms with van der Waals surface area (Å²) in [6.45, 7) is 5.01. The second kappa shape index (κ2) is 24.9. The van der Waals surface area contributed by atoms with E-state index in [0.717, 1.165) is 0 Å². The molecule has 0 heterocycles. The zero-order chi connectivity index (χ0) is 42.4. The predicted octanol–water partition coefficient (Wildman–Crippen LogP) is -8.11. The molecule has 0 aliphatic heterocycles. The smallest absolute Gasteiger partial charge is 0.243 e. The van der Waals surface area contributed by atoms with Crippen LogP contribution < -0.4 is 77.4 Å². The van der Waals surface area contributed by atoms with Crippen molar-refractivity contribution in [2.24, 2.45) is 50.1 Å². The van der Waals surface area contributed by atoms with Gasteiger partial charge in [-0.2, -0.15) is 0 Å². The standard InChI is InChI=1S/C30H56N16O9/c1-13(41-25(52)15(3)43-28(55)19(11-20(32)47)44-21(48)12-31)23(50)40-14(2)24(51)42-16(4)26(53)46-18(8-6-10-39-30(36)37)27(54)45-17(22(33)49)7-5-9-38-29(34)35/h13-19H,5-12,31H2,1-4H3,(H2,32,47)(H2,33,49)(H,40,50)(H,41,52)(H,42,51)(H,43,55)(H,44,48)(H,45,54)(H,46,53)(H4,34,35,38)(H4,36,37,39)/t13-,14-,15-,16-,17-,18-,19-/m0/s1. The highest BCUT2D eigenvalue weighted by atomic mass is 16.2. The summed E-state index contributed by atoms with van der Waals surface area (Å²) in [5.74, 6) is -7.73. The lowest BCUT2D eigenvalue weighted by atomic mass is 10.1. The summed E-state index contributed by atoms with van der Waals surface area (Å²) in [7, 11) is 0. The largest absolute Gasteiger partial charge is 0.370 e. The molecule has 0 aromatic carbocycles. The van der Waals surface area contributed by atoms with Crippen LogP contribution in [0.25, 0.3) is 0 Å². The molecule has 0 saturated carbocycles. The average molecular weight is 785 g/mol. The van der Waals surface area contributed by atoms with Crippen molar-refractivity contribution in [2.45, 2.75) is 102 Å². The highest BCUT2D eigenvalue weighted by molar-refractivity contribution is 5.98. The Morgan fingerprint density at radius 1 is 0.473 bits per heavy atom. The lowest BCUT2D eigenvalue weighted by Crippen LogP contribution is -2.58. The van der Waals surface area contributed by atoms with Crippen LogP contribution in [-0.2, 0) is 43.2 Å². The second-order valence-electron chi connectivity index (χ2n) is 12.3. The molecular formula is C30H56N16O9. The first kappa shape index (κ1) is 48.7. The number of hydrogen-bond donors (Lipinski definition) is 14. The van der Waals surface area contributed by atoms with Crippen LogP contribution in [0.3, 0.4) is 0 Å². The minimum atomic E-state index is -1.40. The molecular weight excluding hydrogens is 728 g/mol. The average Bonchev–Trinajstić information content (AvgIpc) is 3.09. The van der Waals surface area contributed by atoms with Crippen molar-refractivity contribution in [3.8, 4) is 0 Å². The van der Waals surface area contributed by atoms with Gasteiger partial charge in [0.05, 0.1) is 13.0 Å². The third kappa shape index (κ3) is 20.5. The number of rotatable bonds is 25. The van der Waals surface area contributed by atoms with Gasteiger partial charge in [-0.25, -0.2) is 0 Å². The van der Waals surface area contributed by atoms with Crippen molar-refractivity contribution in [1.82, 2.24) is 37.2 Å². The molecule has 310 valence electrons. The predicted molar refractivity (Wildman–Crippen MR) is 198 cm³/mol. The van der Waals surface area contributed by atoms with Crippen molar-refractivity contribution < 1.29 is 43.2 Å². The molecule has 0 fully saturated rings. The van der Waals surface area contributed by atoms with Crippen LogP contribution in [0.1, 0.15) is 59.8 Å². The number of carbonyl (C=O) groups is 9. The lowest BCUT2D eigenvalue weighted by Gasteiger charge is -2.24. The fourth-order valence-corrected chi connectivity index (χ4v) is 4.39. The molecule has 0 radical (unpaired) electrons. The van der Waals surface area contributed by atoms with Crippen molar-refractivity contribution in [2.75, 3.05) is 19.6 Å². The normalized spacial score (nSPS) is 14.3. The highest BCUT2D eigenvalue weighted by Crippen LogP contribution is 2.04. The fourth-order valence-electron chi connectivity index (χ4n) is 4.39. The maximum atomic E-state index is 13.2. The zero-order valence-corrected chi connectivity index (χ0v) is 31.3. The number of guanidine groups is 2. The maximum Gasteiger partial charge on any atom is 0.243 e. The van der Waals surface area contributed by atoms with Crippen LogP contribution in [0.5, 0.6) is 0 Å². The van der Waals surface area contributed by atoms with Crippen LogP contribution >= 0.6 is 0 Å². The van der Waals surface area contributed by atoms with E-state index in [0.29, 0.717) is 6.42 Å². The Labute approximate surface area is 317 Å². The molecule has 0 unspecified atom stereocenters. The van der Waals surface area contributed by atoms with Crippen molar-refractivity contribution >= 4 is 65.1 Å². The van der Waals surface area contributed by atoms with Crippen LogP contribution in [0, 0.1) is 0 Å². The number of primary amides is 2. The molecule has 0 aliphatic rings. The molecule has 0 spiro atoms. The van der Waals surface area contributed by atoms with Gasteiger partial charge in [0.2, 0.25) is 53.2 Å². The topological polar surface area (TPSA) is 445 Å². The summed E-state index contributed by atoms with van der Waals surface area (Å²) >= 11 is 0. The number of amides is 9. The summed E-state index contributed by atoms with van der Waals surface area (Å²) in [5, 5.41) is 16.7. The third-order valence-electron chi connectivity index (χ3n) is 7.43. The number of nitrogens with one attached hydrogen (secondary N) is 7. The van der Waals surface area contributed by atoms with E-state index in [2.05, 4.69) is 47.2 Å². The first-order valence-electron chi connectivity index (χ1n) is 17.1. The molecule has 0 aromatic rings. The Kier molecular flexibility index (Phi) is 22.0. The Balaban J connectivity index is 5.38. The summed E-state index contributed by atoms with van der Waals surface area (Å²) in [6.07, 6.45) is 0.0736. The molecule has 0 aromatic heterocycles. The number of carbonyl (C=O) groups excluding carboxylic acids is 9. The Bertz CT molecular complexity index is 1450. The van der Waals surface area contributed by atoms with Gasteiger partial charge in [0, 0.05) is 13.1 Å². The van der Waals surface area contributed by atoms with Crippen LogP contribution in [-0.4, -0.2) is 127 Å². The van der Waals surface area contributed by atoms with Gasteiger partial charge in [-0.15, -0.1) is 0 Å². The molecule has 0 saturated heterocycles. The molecule has 25 heteroatoms. The van der Waals surface area contributed by atoms with Crippen LogP contribution in [0.2, 0.25) is 0 Å². The number of hydrogen-bond acceptors (Lipinski definition) is 12. The van der Waals surface area contributed by atoms with Gasteiger partial charge in [0.15, 0.2) is 11.9 Å². The Morgan fingerprint density at radius 3 is 1.18 bits per heavy atom. The molecule has 25 nitrogen and oxygen atoms in total. The lowest BCUT2D eigenvalue weighted by molar-refractivity contribution is -0.135. The molecule has 9 amide bonds. The second-order valence-corrected chi connectivity index (χ2v) is 12.3.